The minimum absolute atomic E-state index is 0.274. The van der Waals surface area contributed by atoms with Crippen LogP contribution in [-0.2, 0) is 0 Å². The van der Waals surface area contributed by atoms with Crippen molar-refractivity contribution in [3.05, 3.63) is 53.8 Å². The van der Waals surface area contributed by atoms with Crippen LogP contribution in [0.3, 0.4) is 0 Å². The molecule has 106 valence electrons. The highest BCUT2D eigenvalue weighted by Gasteiger charge is 2.11. The van der Waals surface area contributed by atoms with Crippen LogP contribution in [0.5, 0.6) is 0 Å². The van der Waals surface area contributed by atoms with Crippen LogP contribution in [0.15, 0.2) is 57.4 Å². The number of aromatic nitrogens is 1. The number of nitrogens with one attached hydrogen (secondary N) is 1. The summed E-state index contributed by atoms with van der Waals surface area (Å²) >= 11 is 3.09. The van der Waals surface area contributed by atoms with Crippen molar-refractivity contribution in [3.8, 4) is 11.3 Å². The van der Waals surface area contributed by atoms with Crippen molar-refractivity contribution >= 4 is 34.1 Å². The van der Waals surface area contributed by atoms with Gasteiger partial charge in [0.15, 0.2) is 10.9 Å². The number of rotatable bonds is 4. The van der Waals surface area contributed by atoms with Crippen molar-refractivity contribution in [2.45, 2.75) is 4.90 Å². The molecule has 1 aromatic carbocycles. The van der Waals surface area contributed by atoms with Gasteiger partial charge >= 0.3 is 0 Å². The summed E-state index contributed by atoms with van der Waals surface area (Å²) in [4.78, 5) is 17.5. The van der Waals surface area contributed by atoms with E-state index in [4.69, 9.17) is 4.42 Å². The molecule has 2 heterocycles. The van der Waals surface area contributed by atoms with Crippen molar-refractivity contribution in [3.63, 3.8) is 0 Å². The number of nitrogens with zero attached hydrogens (tertiary/aromatic N) is 1. The molecule has 0 fully saturated rings. The lowest BCUT2D eigenvalue weighted by Crippen LogP contribution is -2.10. The molecule has 0 radical (unpaired) electrons. The molecule has 6 heteroatoms. The van der Waals surface area contributed by atoms with Gasteiger partial charge in [-0.1, -0.05) is 12.1 Å². The first-order valence-corrected chi connectivity index (χ1v) is 8.31. The Bertz CT molecular complexity index is 733. The molecule has 0 spiro atoms. The van der Waals surface area contributed by atoms with Gasteiger partial charge in [0.2, 0.25) is 0 Å². The quantitative estimate of drug-likeness (QED) is 0.726. The van der Waals surface area contributed by atoms with Crippen molar-refractivity contribution < 1.29 is 9.21 Å². The Kier molecular flexibility index (Phi) is 4.08. The maximum atomic E-state index is 11.9. The van der Waals surface area contributed by atoms with E-state index in [0.29, 0.717) is 5.13 Å². The highest BCUT2D eigenvalue weighted by atomic mass is 32.2. The van der Waals surface area contributed by atoms with E-state index in [1.165, 1.54) is 22.5 Å². The van der Waals surface area contributed by atoms with Crippen LogP contribution >= 0.6 is 23.1 Å². The van der Waals surface area contributed by atoms with Gasteiger partial charge in [-0.15, -0.1) is 23.1 Å². The Hall–Kier alpha value is -2.05. The number of carbonyl (C=O) groups excluding carboxylic acids is 1. The summed E-state index contributed by atoms with van der Waals surface area (Å²) in [5.74, 6) is -0.0188. The molecule has 0 saturated carbocycles. The average Bonchev–Trinajstić information content (AvgIpc) is 3.19. The van der Waals surface area contributed by atoms with Crippen molar-refractivity contribution in [1.82, 2.24) is 4.98 Å². The van der Waals surface area contributed by atoms with E-state index in [0.717, 1.165) is 11.3 Å². The Morgan fingerprint density at radius 3 is 2.76 bits per heavy atom. The minimum atomic E-state index is -0.293. The summed E-state index contributed by atoms with van der Waals surface area (Å²) in [6.45, 7) is 0. The number of benzene rings is 1. The number of hydrogen-bond acceptors (Lipinski definition) is 5. The zero-order valence-corrected chi connectivity index (χ0v) is 12.8. The van der Waals surface area contributed by atoms with Gasteiger partial charge in [0.1, 0.15) is 0 Å². The lowest BCUT2D eigenvalue weighted by Gasteiger charge is -1.99. The third-order valence-corrected chi connectivity index (χ3v) is 4.36. The third-order valence-electron chi connectivity index (χ3n) is 2.86. The van der Waals surface area contributed by atoms with E-state index < -0.39 is 0 Å². The summed E-state index contributed by atoms with van der Waals surface area (Å²) in [7, 11) is 0. The van der Waals surface area contributed by atoms with Gasteiger partial charge in [0.25, 0.3) is 5.91 Å². The van der Waals surface area contributed by atoms with Crippen molar-refractivity contribution in [2.75, 3.05) is 11.6 Å². The maximum Gasteiger partial charge on any atom is 0.293 e. The van der Waals surface area contributed by atoms with Gasteiger partial charge in [0, 0.05) is 15.8 Å². The number of carbonyl (C=O) groups is 1. The SMILES string of the molecule is CSc1ccc(-c2csc(NC(=O)c3ccco3)n2)cc1. The van der Waals surface area contributed by atoms with Crippen LogP contribution < -0.4 is 5.32 Å². The largest absolute Gasteiger partial charge is 0.459 e. The zero-order chi connectivity index (χ0) is 14.7. The third kappa shape index (κ3) is 3.17. The second kappa shape index (κ2) is 6.15. The number of hydrogen-bond donors (Lipinski definition) is 1. The standard InChI is InChI=1S/C15H12N2O2S2/c1-20-11-6-4-10(5-7-11)12-9-21-15(16-12)17-14(18)13-3-2-8-19-13/h2-9H,1H3,(H,16,17,18). The molecule has 0 bridgehead atoms. The van der Waals surface area contributed by atoms with E-state index in [-0.39, 0.29) is 11.7 Å². The average molecular weight is 316 g/mol. The normalized spacial score (nSPS) is 10.5. The molecule has 1 amide bonds. The molecule has 3 rings (SSSR count). The molecule has 2 aromatic heterocycles. The molecular formula is C15H12N2O2S2. The first-order chi connectivity index (χ1) is 10.3. The Balaban J connectivity index is 1.75. The molecular weight excluding hydrogens is 304 g/mol. The lowest BCUT2D eigenvalue weighted by molar-refractivity contribution is 0.0996. The molecule has 1 N–H and O–H groups in total. The number of thiazole rings is 1. The lowest BCUT2D eigenvalue weighted by atomic mass is 10.2. The van der Waals surface area contributed by atoms with Crippen LogP contribution in [0, 0.1) is 0 Å². The van der Waals surface area contributed by atoms with Crippen LogP contribution in [0.1, 0.15) is 10.6 Å². The fourth-order valence-electron chi connectivity index (χ4n) is 1.79. The first kappa shape index (κ1) is 13.9. The van der Waals surface area contributed by atoms with Gasteiger partial charge in [-0.25, -0.2) is 4.98 Å². The molecule has 3 aromatic rings. The van der Waals surface area contributed by atoms with E-state index in [1.54, 1.807) is 23.9 Å². The highest BCUT2D eigenvalue weighted by molar-refractivity contribution is 7.98. The van der Waals surface area contributed by atoms with E-state index in [9.17, 15) is 4.79 Å². The zero-order valence-electron chi connectivity index (χ0n) is 11.2. The summed E-state index contributed by atoms with van der Waals surface area (Å²) < 4.78 is 5.05. The number of anilines is 1. The first-order valence-electron chi connectivity index (χ1n) is 6.21. The van der Waals surface area contributed by atoms with Crippen LogP contribution in [0.2, 0.25) is 0 Å². The molecule has 0 unspecified atom stereocenters. The number of furan rings is 1. The Labute approximate surface area is 130 Å². The van der Waals surface area contributed by atoms with Gasteiger partial charge in [-0.2, -0.15) is 0 Å². The molecule has 0 saturated heterocycles. The Morgan fingerprint density at radius 1 is 1.29 bits per heavy atom. The van der Waals surface area contributed by atoms with Gasteiger partial charge in [0.05, 0.1) is 12.0 Å². The number of thioether (sulfide) groups is 1. The van der Waals surface area contributed by atoms with Gasteiger partial charge in [-0.3, -0.25) is 10.1 Å². The van der Waals surface area contributed by atoms with Crippen LogP contribution in [-0.4, -0.2) is 17.1 Å². The molecule has 0 atom stereocenters. The second-order valence-corrected chi connectivity index (χ2v) is 5.94. The van der Waals surface area contributed by atoms with Crippen LogP contribution in [0.4, 0.5) is 5.13 Å². The smallest absolute Gasteiger partial charge is 0.293 e. The molecule has 0 aliphatic carbocycles. The van der Waals surface area contributed by atoms with Crippen LogP contribution in [0.25, 0.3) is 11.3 Å². The fraction of sp³-hybridized carbons (Fsp3) is 0.0667. The topological polar surface area (TPSA) is 55.1 Å². The predicted molar refractivity (Wildman–Crippen MR) is 86.0 cm³/mol. The van der Waals surface area contributed by atoms with E-state index >= 15 is 0 Å². The van der Waals surface area contributed by atoms with Gasteiger partial charge < -0.3 is 4.42 Å². The summed E-state index contributed by atoms with van der Waals surface area (Å²) in [5.41, 5.74) is 1.88. The van der Waals surface area contributed by atoms with Crippen molar-refractivity contribution in [1.29, 1.82) is 0 Å². The summed E-state index contributed by atoms with van der Waals surface area (Å²) in [5, 5.41) is 5.21. The minimum Gasteiger partial charge on any atom is -0.459 e. The number of amides is 1. The second-order valence-electron chi connectivity index (χ2n) is 4.20. The summed E-state index contributed by atoms with van der Waals surface area (Å²) in [6.07, 6.45) is 3.51. The highest BCUT2D eigenvalue weighted by Crippen LogP contribution is 2.27. The van der Waals surface area contributed by atoms with Crippen molar-refractivity contribution in [2.24, 2.45) is 0 Å². The molecule has 0 aliphatic heterocycles. The fourth-order valence-corrected chi connectivity index (χ4v) is 2.91. The molecule has 4 nitrogen and oxygen atoms in total. The predicted octanol–water partition coefficient (Wildman–Crippen LogP) is 4.38. The Morgan fingerprint density at radius 2 is 2.10 bits per heavy atom. The molecule has 0 aliphatic rings. The molecule has 21 heavy (non-hydrogen) atoms. The monoisotopic (exact) mass is 316 g/mol. The van der Waals surface area contributed by atoms with E-state index in [1.807, 2.05) is 23.8 Å². The maximum absolute atomic E-state index is 11.9. The van der Waals surface area contributed by atoms with E-state index in [2.05, 4.69) is 22.4 Å². The van der Waals surface area contributed by atoms with Gasteiger partial charge in [-0.05, 0) is 30.5 Å². The summed E-state index contributed by atoms with van der Waals surface area (Å²) in [6, 6.07) is 11.5.